The van der Waals surface area contributed by atoms with E-state index in [4.69, 9.17) is 33.3 Å². The summed E-state index contributed by atoms with van der Waals surface area (Å²) < 4.78 is 0. The van der Waals surface area contributed by atoms with Gasteiger partial charge in [0.05, 0.1) is 12.5 Å². The maximum atomic E-state index is 14.1. The van der Waals surface area contributed by atoms with E-state index in [1.54, 1.807) is 30.3 Å². The Morgan fingerprint density at radius 1 is 1.11 bits per heavy atom. The number of aliphatic carboxylic acids is 1. The Hall–Kier alpha value is -2.90. The van der Waals surface area contributed by atoms with Gasteiger partial charge in [0, 0.05) is 27.7 Å². The Morgan fingerprint density at radius 2 is 1.71 bits per heavy atom. The average Bonchev–Trinajstić information content (AvgIpc) is 3.09. The molecule has 2 N–H and O–H groups in total. The van der Waals surface area contributed by atoms with Crippen LogP contribution < -0.4 is 5.32 Å². The molecule has 2 aliphatic rings. The summed E-state index contributed by atoms with van der Waals surface area (Å²) in [5.41, 5.74) is 1.66. The summed E-state index contributed by atoms with van der Waals surface area (Å²) in [6.45, 7) is 6.52. The molecule has 0 saturated heterocycles. The second kappa shape index (κ2) is 11.5. The van der Waals surface area contributed by atoms with Gasteiger partial charge in [-0.2, -0.15) is 0 Å². The number of nitrogens with zero attached hydrogens (tertiary/aromatic N) is 2. The van der Waals surface area contributed by atoms with Crippen molar-refractivity contribution >= 4 is 46.7 Å². The third-order valence-electron chi connectivity index (χ3n) is 7.36. The van der Waals surface area contributed by atoms with Gasteiger partial charge in [-0.3, -0.25) is 19.4 Å². The van der Waals surface area contributed by atoms with Gasteiger partial charge in [0.1, 0.15) is 11.4 Å². The highest BCUT2D eigenvalue weighted by Gasteiger charge is 2.53. The van der Waals surface area contributed by atoms with Crippen molar-refractivity contribution in [2.75, 3.05) is 6.54 Å². The van der Waals surface area contributed by atoms with E-state index in [1.165, 1.54) is 0 Å². The molecule has 202 valence electrons. The first kappa shape index (κ1) is 28.1. The number of hydrogen-bond acceptors (Lipinski definition) is 4. The predicted octanol–water partition coefficient (Wildman–Crippen LogP) is 6.13. The molecule has 1 spiro atoms. The zero-order valence-electron chi connectivity index (χ0n) is 21.8. The normalized spacial score (nSPS) is 23.9. The van der Waals surface area contributed by atoms with Crippen molar-refractivity contribution in [1.82, 2.24) is 10.2 Å². The van der Waals surface area contributed by atoms with Crippen LogP contribution in [-0.4, -0.2) is 45.7 Å². The standard InChI is InChI=1S/C29H33Cl2N3O4/c1-4-24(19-5-7-20(8-6-19)27(37)32-10-9-25(35)36)34-28(38)26(21-12-22(30)14-23(31)13-21)33-29(34)15-17(2)11-18(3)16-29/h5-8,12-14,17-18,24H,4,9-11,15-16H2,1-3H3,(H,32,37)(H,35,36)/t17?,18?,24-,29?/m1/s1. The summed E-state index contributed by atoms with van der Waals surface area (Å²) in [6, 6.07) is 12.0. The molecule has 7 nitrogen and oxygen atoms in total. The molecule has 2 amide bonds. The van der Waals surface area contributed by atoms with Gasteiger partial charge in [-0.1, -0.05) is 56.1 Å². The lowest BCUT2D eigenvalue weighted by Gasteiger charge is -2.47. The molecule has 1 aliphatic carbocycles. The molecule has 1 heterocycles. The van der Waals surface area contributed by atoms with Crippen molar-refractivity contribution < 1.29 is 19.5 Å². The van der Waals surface area contributed by atoms with E-state index in [-0.39, 0.29) is 30.8 Å². The van der Waals surface area contributed by atoms with E-state index in [0.717, 1.165) is 24.8 Å². The summed E-state index contributed by atoms with van der Waals surface area (Å²) in [5.74, 6) is -0.655. The highest BCUT2D eigenvalue weighted by molar-refractivity contribution is 6.47. The number of amides is 2. The molecule has 1 saturated carbocycles. The summed E-state index contributed by atoms with van der Waals surface area (Å²) in [7, 11) is 0. The van der Waals surface area contributed by atoms with Crippen LogP contribution in [0.25, 0.3) is 0 Å². The average molecular weight is 559 g/mol. The minimum Gasteiger partial charge on any atom is -0.481 e. The SMILES string of the molecule is CC[C@H](c1ccc(C(=O)NCCC(=O)O)cc1)N1C(=O)C(c2cc(Cl)cc(Cl)c2)=NC12CC(C)CC(C)C2. The van der Waals surface area contributed by atoms with E-state index in [2.05, 4.69) is 19.2 Å². The first-order valence-electron chi connectivity index (χ1n) is 13.0. The second-order valence-corrected chi connectivity index (χ2v) is 11.4. The Labute approximate surface area is 233 Å². The highest BCUT2D eigenvalue weighted by atomic mass is 35.5. The van der Waals surface area contributed by atoms with Crippen molar-refractivity contribution in [3.63, 3.8) is 0 Å². The lowest BCUT2D eigenvalue weighted by Crippen LogP contribution is -2.52. The van der Waals surface area contributed by atoms with Crippen LogP contribution in [0.2, 0.25) is 10.0 Å². The molecule has 0 aromatic heterocycles. The molecule has 0 bridgehead atoms. The van der Waals surface area contributed by atoms with Gasteiger partial charge in [0.25, 0.3) is 11.8 Å². The molecular weight excluding hydrogens is 525 g/mol. The number of carboxylic acids is 1. The van der Waals surface area contributed by atoms with E-state index in [9.17, 15) is 14.4 Å². The zero-order chi connectivity index (χ0) is 27.6. The van der Waals surface area contributed by atoms with Crippen molar-refractivity contribution in [3.05, 3.63) is 69.2 Å². The lowest BCUT2D eigenvalue weighted by atomic mass is 9.75. The molecule has 0 radical (unpaired) electrons. The topological polar surface area (TPSA) is 99.1 Å². The quantitative estimate of drug-likeness (QED) is 0.407. The van der Waals surface area contributed by atoms with Crippen LogP contribution in [0.5, 0.6) is 0 Å². The summed E-state index contributed by atoms with van der Waals surface area (Å²) in [4.78, 5) is 44.4. The molecular formula is C29H33Cl2N3O4. The number of rotatable bonds is 8. The Bertz CT molecular complexity index is 1230. The fourth-order valence-electron chi connectivity index (χ4n) is 6.07. The van der Waals surface area contributed by atoms with Crippen molar-refractivity contribution in [1.29, 1.82) is 0 Å². The summed E-state index contributed by atoms with van der Waals surface area (Å²) in [6.07, 6.45) is 3.14. The van der Waals surface area contributed by atoms with Gasteiger partial charge in [0.2, 0.25) is 0 Å². The van der Waals surface area contributed by atoms with Gasteiger partial charge in [-0.05, 0) is 73.4 Å². The van der Waals surface area contributed by atoms with Gasteiger partial charge < -0.3 is 15.3 Å². The molecule has 1 aliphatic heterocycles. The number of aliphatic imine (C=N–C) groups is 1. The largest absolute Gasteiger partial charge is 0.481 e. The minimum atomic E-state index is -0.969. The van der Waals surface area contributed by atoms with Crippen LogP contribution >= 0.6 is 23.2 Å². The van der Waals surface area contributed by atoms with E-state index >= 15 is 0 Å². The maximum absolute atomic E-state index is 14.1. The molecule has 2 aromatic rings. The summed E-state index contributed by atoms with van der Waals surface area (Å²) in [5, 5.41) is 12.3. The molecule has 4 rings (SSSR count). The van der Waals surface area contributed by atoms with Gasteiger partial charge in [0.15, 0.2) is 0 Å². The number of benzene rings is 2. The van der Waals surface area contributed by atoms with Crippen molar-refractivity contribution in [3.8, 4) is 0 Å². The molecule has 1 fully saturated rings. The third-order valence-corrected chi connectivity index (χ3v) is 7.80. The van der Waals surface area contributed by atoms with Crippen LogP contribution in [0.4, 0.5) is 0 Å². The third kappa shape index (κ3) is 5.89. The van der Waals surface area contributed by atoms with Crippen LogP contribution in [-0.2, 0) is 9.59 Å². The fraction of sp³-hybridized carbons (Fsp3) is 0.448. The summed E-state index contributed by atoms with van der Waals surface area (Å²) >= 11 is 12.6. The highest BCUT2D eigenvalue weighted by Crippen LogP contribution is 2.48. The molecule has 38 heavy (non-hydrogen) atoms. The number of carboxylic acid groups (broad SMARTS) is 1. The molecule has 3 atom stereocenters. The van der Waals surface area contributed by atoms with Gasteiger partial charge >= 0.3 is 5.97 Å². The van der Waals surface area contributed by atoms with Crippen LogP contribution in [0.3, 0.4) is 0 Å². The molecule has 2 unspecified atom stereocenters. The minimum absolute atomic E-state index is 0.0578. The predicted molar refractivity (Wildman–Crippen MR) is 149 cm³/mol. The van der Waals surface area contributed by atoms with Gasteiger partial charge in [-0.15, -0.1) is 0 Å². The van der Waals surface area contributed by atoms with Crippen LogP contribution in [0.15, 0.2) is 47.5 Å². The Balaban J connectivity index is 1.68. The fourth-order valence-corrected chi connectivity index (χ4v) is 6.60. The molecule has 2 aromatic carbocycles. The molecule has 9 heteroatoms. The number of hydrogen-bond donors (Lipinski definition) is 2. The van der Waals surface area contributed by atoms with E-state index in [0.29, 0.717) is 45.1 Å². The van der Waals surface area contributed by atoms with Crippen molar-refractivity contribution in [2.24, 2.45) is 16.8 Å². The number of halogens is 2. The number of carbonyl (C=O) groups excluding carboxylic acids is 2. The monoisotopic (exact) mass is 557 g/mol. The lowest BCUT2D eigenvalue weighted by molar-refractivity contribution is -0.137. The first-order valence-corrected chi connectivity index (χ1v) is 13.8. The smallest absolute Gasteiger partial charge is 0.305 e. The van der Waals surface area contributed by atoms with Crippen molar-refractivity contribution in [2.45, 2.75) is 64.6 Å². The van der Waals surface area contributed by atoms with E-state index < -0.39 is 11.6 Å². The van der Waals surface area contributed by atoms with Crippen LogP contribution in [0, 0.1) is 11.8 Å². The number of nitrogens with one attached hydrogen (secondary N) is 1. The second-order valence-electron chi connectivity index (χ2n) is 10.6. The first-order chi connectivity index (χ1) is 18.0. The number of carbonyl (C=O) groups is 3. The van der Waals surface area contributed by atoms with Crippen LogP contribution in [0.1, 0.15) is 80.4 Å². The van der Waals surface area contributed by atoms with E-state index in [1.807, 2.05) is 24.0 Å². The zero-order valence-corrected chi connectivity index (χ0v) is 23.4. The Morgan fingerprint density at radius 3 is 2.26 bits per heavy atom. The maximum Gasteiger partial charge on any atom is 0.305 e. The van der Waals surface area contributed by atoms with Gasteiger partial charge in [-0.25, -0.2) is 0 Å². The Kier molecular flexibility index (Phi) is 8.48.